The van der Waals surface area contributed by atoms with E-state index in [-0.39, 0.29) is 11.4 Å². The Morgan fingerprint density at radius 3 is 2.53 bits per heavy atom. The molecule has 1 aromatic carbocycles. The number of hydrogen-bond donors (Lipinski definition) is 1. The van der Waals surface area contributed by atoms with E-state index in [1.807, 2.05) is 6.92 Å². The van der Waals surface area contributed by atoms with Crippen molar-refractivity contribution in [2.75, 3.05) is 13.6 Å². The molecule has 19 heavy (non-hydrogen) atoms. The van der Waals surface area contributed by atoms with Crippen LogP contribution in [-0.4, -0.2) is 37.4 Å². The molecule has 0 aliphatic rings. The molecule has 0 radical (unpaired) electrons. The Labute approximate surface area is 121 Å². The van der Waals surface area contributed by atoms with Gasteiger partial charge >= 0.3 is 5.97 Å². The van der Waals surface area contributed by atoms with E-state index in [1.54, 1.807) is 12.1 Å². The second-order valence-corrected chi connectivity index (χ2v) is 7.33. The third-order valence-corrected chi connectivity index (χ3v) is 5.53. The number of nitrogens with zero attached hydrogens (tertiary/aromatic N) is 1. The number of hydrogen-bond acceptors (Lipinski definition) is 3. The molecule has 5 nitrogen and oxygen atoms in total. The van der Waals surface area contributed by atoms with Crippen molar-refractivity contribution in [3.05, 3.63) is 28.2 Å². The summed E-state index contributed by atoms with van der Waals surface area (Å²) in [7, 11) is -2.32. The highest BCUT2D eigenvalue weighted by atomic mass is 79.9. The quantitative estimate of drug-likeness (QED) is 0.883. The van der Waals surface area contributed by atoms with Gasteiger partial charge in [0.25, 0.3) is 0 Å². The van der Waals surface area contributed by atoms with E-state index in [4.69, 9.17) is 5.11 Å². The van der Waals surface area contributed by atoms with Gasteiger partial charge in [-0.1, -0.05) is 13.0 Å². The average Bonchev–Trinajstić information content (AvgIpc) is 2.27. The number of aryl methyl sites for hydroxylation is 1. The summed E-state index contributed by atoms with van der Waals surface area (Å²) in [5.41, 5.74) is 0.937. The smallest absolute Gasteiger partial charge is 0.307 e. The molecule has 0 fully saturated rings. The fraction of sp³-hybridized carbons (Fsp3) is 0.417. The molecule has 1 N–H and O–H groups in total. The second kappa shape index (κ2) is 6.02. The van der Waals surface area contributed by atoms with E-state index >= 15 is 0 Å². The van der Waals surface area contributed by atoms with E-state index in [2.05, 4.69) is 15.9 Å². The molecular weight excluding hydrogens is 334 g/mol. The largest absolute Gasteiger partial charge is 0.481 e. The van der Waals surface area contributed by atoms with Crippen molar-refractivity contribution in [1.29, 1.82) is 0 Å². The van der Waals surface area contributed by atoms with Crippen molar-refractivity contribution in [3.63, 3.8) is 0 Å². The number of rotatable bonds is 5. The summed E-state index contributed by atoms with van der Waals surface area (Å²) in [5, 5.41) is 8.83. The van der Waals surface area contributed by atoms with E-state index in [9.17, 15) is 13.2 Å². The van der Waals surface area contributed by atoms with Gasteiger partial charge in [0, 0.05) is 18.1 Å². The number of aliphatic carboxylic acids is 1. The minimum absolute atomic E-state index is 0.0714. The summed E-state index contributed by atoms with van der Waals surface area (Å²) in [6.07, 6.45) is 0. The van der Waals surface area contributed by atoms with Crippen LogP contribution in [-0.2, 0) is 14.8 Å². The number of halogens is 1. The van der Waals surface area contributed by atoms with Crippen LogP contribution < -0.4 is 0 Å². The van der Waals surface area contributed by atoms with Gasteiger partial charge in [-0.3, -0.25) is 4.79 Å². The predicted octanol–water partition coefficient (Wildman–Crippen LogP) is 2.10. The molecule has 0 heterocycles. The average molecular weight is 350 g/mol. The lowest BCUT2D eigenvalue weighted by Crippen LogP contribution is -2.33. The lowest BCUT2D eigenvalue weighted by atomic mass is 10.2. The minimum atomic E-state index is -3.69. The van der Waals surface area contributed by atoms with Gasteiger partial charge < -0.3 is 5.11 Å². The summed E-state index contributed by atoms with van der Waals surface area (Å²) in [5.74, 6) is -1.78. The van der Waals surface area contributed by atoms with Crippen LogP contribution >= 0.6 is 15.9 Å². The van der Waals surface area contributed by atoms with E-state index in [0.29, 0.717) is 4.47 Å². The molecule has 1 atom stereocenters. The van der Waals surface area contributed by atoms with Gasteiger partial charge in [0.1, 0.15) is 0 Å². The van der Waals surface area contributed by atoms with Crippen molar-refractivity contribution < 1.29 is 18.3 Å². The molecule has 0 bridgehead atoms. The predicted molar refractivity (Wildman–Crippen MR) is 75.5 cm³/mol. The van der Waals surface area contributed by atoms with Crippen LogP contribution in [0.15, 0.2) is 27.6 Å². The molecule has 1 unspecified atom stereocenters. The zero-order valence-electron chi connectivity index (χ0n) is 10.9. The topological polar surface area (TPSA) is 74.7 Å². The van der Waals surface area contributed by atoms with Crippen LogP contribution in [0.2, 0.25) is 0 Å². The molecule has 0 aliphatic heterocycles. The zero-order chi connectivity index (χ0) is 14.8. The fourth-order valence-corrected chi connectivity index (χ4v) is 3.95. The Bertz CT molecular complexity index is 585. The van der Waals surface area contributed by atoms with Crippen LogP contribution in [0.25, 0.3) is 0 Å². The standard InChI is InChI=1S/C12H16BrNO4S/c1-8-4-5-11(10(13)6-8)19(17,18)14(3)7-9(2)12(15)16/h4-6,9H,7H2,1-3H3,(H,15,16). The highest BCUT2D eigenvalue weighted by Crippen LogP contribution is 2.25. The zero-order valence-corrected chi connectivity index (χ0v) is 13.3. The molecular formula is C12H16BrNO4S. The lowest BCUT2D eigenvalue weighted by Gasteiger charge is -2.20. The minimum Gasteiger partial charge on any atom is -0.481 e. The highest BCUT2D eigenvalue weighted by Gasteiger charge is 2.26. The summed E-state index contributed by atoms with van der Waals surface area (Å²) >= 11 is 3.22. The van der Waals surface area contributed by atoms with Crippen LogP contribution in [0.5, 0.6) is 0 Å². The molecule has 0 amide bonds. The first-order valence-corrected chi connectivity index (χ1v) is 7.85. The molecule has 106 valence electrons. The maximum atomic E-state index is 12.3. The van der Waals surface area contributed by atoms with Gasteiger partial charge in [-0.15, -0.1) is 0 Å². The number of sulfonamides is 1. The van der Waals surface area contributed by atoms with Crippen molar-refractivity contribution in [2.24, 2.45) is 5.92 Å². The Balaban J connectivity index is 3.06. The van der Waals surface area contributed by atoms with Crippen molar-refractivity contribution in [2.45, 2.75) is 18.7 Å². The number of carbonyl (C=O) groups is 1. The number of carboxylic acids is 1. The van der Waals surface area contributed by atoms with Crippen molar-refractivity contribution in [1.82, 2.24) is 4.31 Å². The summed E-state index contributed by atoms with van der Waals surface area (Å²) in [6.45, 7) is 3.26. The normalized spacial score (nSPS) is 13.5. The number of carboxylic acid groups (broad SMARTS) is 1. The Kier molecular flexibility index (Phi) is 5.11. The summed E-state index contributed by atoms with van der Waals surface area (Å²) in [6, 6.07) is 4.92. The second-order valence-electron chi connectivity index (χ2n) is 4.46. The maximum absolute atomic E-state index is 12.3. The maximum Gasteiger partial charge on any atom is 0.307 e. The van der Waals surface area contributed by atoms with Gasteiger partial charge in [-0.05, 0) is 40.5 Å². The van der Waals surface area contributed by atoms with Crippen molar-refractivity contribution in [3.8, 4) is 0 Å². The van der Waals surface area contributed by atoms with Gasteiger partial charge in [0.05, 0.1) is 10.8 Å². The first kappa shape index (κ1) is 16.1. The van der Waals surface area contributed by atoms with Gasteiger partial charge in [0.2, 0.25) is 10.0 Å². The summed E-state index contributed by atoms with van der Waals surface area (Å²) in [4.78, 5) is 10.9. The van der Waals surface area contributed by atoms with Crippen LogP contribution in [0.1, 0.15) is 12.5 Å². The molecule has 0 aliphatic carbocycles. The van der Waals surface area contributed by atoms with Gasteiger partial charge in [-0.25, -0.2) is 12.7 Å². The lowest BCUT2D eigenvalue weighted by molar-refractivity contribution is -0.141. The molecule has 1 aromatic rings. The number of benzene rings is 1. The molecule has 0 saturated carbocycles. The third kappa shape index (κ3) is 3.77. The molecule has 0 spiro atoms. The Morgan fingerprint density at radius 2 is 2.05 bits per heavy atom. The monoisotopic (exact) mass is 349 g/mol. The molecule has 1 rings (SSSR count). The SMILES string of the molecule is Cc1ccc(S(=O)(=O)N(C)CC(C)C(=O)O)c(Br)c1. The van der Waals surface area contributed by atoms with E-state index in [1.165, 1.54) is 20.0 Å². The third-order valence-electron chi connectivity index (χ3n) is 2.73. The van der Waals surface area contributed by atoms with E-state index in [0.717, 1.165) is 9.87 Å². The van der Waals surface area contributed by atoms with Crippen LogP contribution in [0, 0.1) is 12.8 Å². The Hall–Kier alpha value is -0.920. The van der Waals surface area contributed by atoms with Crippen LogP contribution in [0.4, 0.5) is 0 Å². The first-order chi connectivity index (χ1) is 8.66. The molecule has 7 heteroatoms. The molecule has 0 aromatic heterocycles. The van der Waals surface area contributed by atoms with Gasteiger partial charge in [0.15, 0.2) is 0 Å². The van der Waals surface area contributed by atoms with Crippen molar-refractivity contribution >= 4 is 31.9 Å². The first-order valence-electron chi connectivity index (χ1n) is 5.61. The van der Waals surface area contributed by atoms with E-state index < -0.39 is 21.9 Å². The fourth-order valence-electron chi connectivity index (χ4n) is 1.54. The van der Waals surface area contributed by atoms with Crippen LogP contribution in [0.3, 0.4) is 0 Å². The highest BCUT2D eigenvalue weighted by molar-refractivity contribution is 9.10. The molecule has 0 saturated heterocycles. The Morgan fingerprint density at radius 1 is 1.47 bits per heavy atom. The summed E-state index contributed by atoms with van der Waals surface area (Å²) < 4.78 is 26.2. The van der Waals surface area contributed by atoms with Gasteiger partial charge in [-0.2, -0.15) is 0 Å².